The molecule has 2 atom stereocenters. The number of hydrogen-bond donors (Lipinski definition) is 0. The molecule has 1 aromatic rings. The van der Waals surface area contributed by atoms with Gasteiger partial charge >= 0.3 is 0 Å². The van der Waals surface area contributed by atoms with Gasteiger partial charge in [-0.05, 0) is 56.2 Å². The molecule has 1 aromatic heterocycles. The van der Waals surface area contributed by atoms with Crippen molar-refractivity contribution in [3.05, 3.63) is 59.7 Å². The summed E-state index contributed by atoms with van der Waals surface area (Å²) in [7, 11) is 0. The lowest BCUT2D eigenvalue weighted by molar-refractivity contribution is 0.974. The maximum Gasteiger partial charge on any atom is 0.126 e. The van der Waals surface area contributed by atoms with Gasteiger partial charge in [-0.2, -0.15) is 0 Å². The van der Waals surface area contributed by atoms with Crippen LogP contribution in [-0.2, 0) is 0 Å². The standard InChI is InChI=1S/C18H20N2/c1-4-6-13(5-2)17-11-18(20-12(3)19-17)15-8-7-14-9-16(14)10-15/h4-8,10-11,14,16H,9H2,1-3H3/b6-4-,13-5+. The minimum atomic E-state index is 0.741. The molecule has 0 aromatic carbocycles. The summed E-state index contributed by atoms with van der Waals surface area (Å²) in [6.45, 7) is 6.03. The summed E-state index contributed by atoms with van der Waals surface area (Å²) in [5.41, 5.74) is 4.42. The molecule has 2 aliphatic carbocycles. The smallest absolute Gasteiger partial charge is 0.126 e. The van der Waals surface area contributed by atoms with Crippen molar-refractivity contribution in [1.29, 1.82) is 0 Å². The van der Waals surface area contributed by atoms with Crippen LogP contribution in [0.2, 0.25) is 0 Å². The molecule has 0 aliphatic heterocycles. The maximum atomic E-state index is 4.61. The fourth-order valence-electron chi connectivity index (χ4n) is 2.71. The van der Waals surface area contributed by atoms with Gasteiger partial charge in [0, 0.05) is 0 Å². The van der Waals surface area contributed by atoms with Gasteiger partial charge in [-0.1, -0.05) is 36.5 Å². The SMILES string of the molecule is C/C=C\C(=C/C)c1cc(C2=CC3CC3C=C2)nc(C)n1. The normalized spacial score (nSPS) is 24.8. The molecule has 2 unspecified atom stereocenters. The number of allylic oxidation sites excluding steroid dienone is 8. The van der Waals surface area contributed by atoms with Gasteiger partial charge in [0.15, 0.2) is 0 Å². The maximum absolute atomic E-state index is 4.61. The zero-order valence-corrected chi connectivity index (χ0v) is 12.3. The van der Waals surface area contributed by atoms with Crippen LogP contribution in [0.4, 0.5) is 0 Å². The fourth-order valence-corrected chi connectivity index (χ4v) is 2.71. The van der Waals surface area contributed by atoms with Gasteiger partial charge < -0.3 is 0 Å². The molecule has 0 spiro atoms. The Morgan fingerprint density at radius 2 is 2.10 bits per heavy atom. The topological polar surface area (TPSA) is 25.8 Å². The zero-order chi connectivity index (χ0) is 14.1. The van der Waals surface area contributed by atoms with Crippen molar-refractivity contribution in [2.45, 2.75) is 27.2 Å². The molecule has 102 valence electrons. The molecular formula is C18H20N2. The van der Waals surface area contributed by atoms with Crippen molar-refractivity contribution in [2.24, 2.45) is 11.8 Å². The van der Waals surface area contributed by atoms with Gasteiger partial charge in [0.05, 0.1) is 11.4 Å². The van der Waals surface area contributed by atoms with E-state index in [1.54, 1.807) is 0 Å². The Labute approximate surface area is 120 Å². The van der Waals surface area contributed by atoms with E-state index in [4.69, 9.17) is 0 Å². The van der Waals surface area contributed by atoms with E-state index in [2.05, 4.69) is 46.4 Å². The zero-order valence-electron chi connectivity index (χ0n) is 12.3. The number of fused-ring (bicyclic) bond motifs is 1. The summed E-state index contributed by atoms with van der Waals surface area (Å²) in [6.07, 6.45) is 14.4. The molecule has 0 N–H and O–H groups in total. The lowest BCUT2D eigenvalue weighted by Crippen LogP contribution is -2.00. The van der Waals surface area contributed by atoms with Crippen molar-refractivity contribution < 1.29 is 0 Å². The monoisotopic (exact) mass is 264 g/mol. The van der Waals surface area contributed by atoms with E-state index in [-0.39, 0.29) is 0 Å². The van der Waals surface area contributed by atoms with Gasteiger partial charge in [0.1, 0.15) is 5.82 Å². The number of nitrogens with zero attached hydrogens (tertiary/aromatic N) is 2. The number of aromatic nitrogens is 2. The highest BCUT2D eigenvalue weighted by molar-refractivity contribution is 5.78. The third kappa shape index (κ3) is 2.51. The second-order valence-electron chi connectivity index (χ2n) is 5.47. The van der Waals surface area contributed by atoms with E-state index < -0.39 is 0 Å². The molecule has 0 bridgehead atoms. The van der Waals surface area contributed by atoms with E-state index >= 15 is 0 Å². The van der Waals surface area contributed by atoms with Crippen LogP contribution in [0.1, 0.15) is 37.5 Å². The fraction of sp³-hybridized carbons (Fsp3) is 0.333. The average Bonchev–Trinajstić information content (AvgIpc) is 3.22. The summed E-state index contributed by atoms with van der Waals surface area (Å²) < 4.78 is 0. The lowest BCUT2D eigenvalue weighted by atomic mass is 10.0. The molecule has 1 heterocycles. The summed E-state index contributed by atoms with van der Waals surface area (Å²) >= 11 is 0. The number of aryl methyl sites for hydroxylation is 1. The van der Waals surface area contributed by atoms with Crippen LogP contribution in [0.25, 0.3) is 11.1 Å². The summed E-state index contributed by atoms with van der Waals surface area (Å²) in [5.74, 6) is 2.36. The Hall–Kier alpha value is -1.96. The Balaban J connectivity index is 2.00. The summed E-state index contributed by atoms with van der Waals surface area (Å²) in [4.78, 5) is 9.17. The quantitative estimate of drug-likeness (QED) is 0.758. The number of rotatable bonds is 3. The molecule has 2 aliphatic rings. The van der Waals surface area contributed by atoms with Crippen LogP contribution in [0.15, 0.2) is 42.5 Å². The van der Waals surface area contributed by atoms with Crippen LogP contribution < -0.4 is 0 Å². The van der Waals surface area contributed by atoms with Crippen LogP contribution in [0.5, 0.6) is 0 Å². The van der Waals surface area contributed by atoms with Crippen LogP contribution in [0, 0.1) is 18.8 Å². The van der Waals surface area contributed by atoms with Crippen molar-refractivity contribution in [3.8, 4) is 0 Å². The van der Waals surface area contributed by atoms with E-state index in [1.807, 2.05) is 26.8 Å². The minimum absolute atomic E-state index is 0.741. The lowest BCUT2D eigenvalue weighted by Gasteiger charge is -2.09. The highest BCUT2D eigenvalue weighted by atomic mass is 14.9. The molecule has 2 heteroatoms. The molecule has 20 heavy (non-hydrogen) atoms. The van der Waals surface area contributed by atoms with Crippen molar-refractivity contribution in [2.75, 3.05) is 0 Å². The third-order valence-corrected chi connectivity index (χ3v) is 3.89. The Morgan fingerprint density at radius 1 is 1.25 bits per heavy atom. The van der Waals surface area contributed by atoms with Crippen molar-refractivity contribution in [1.82, 2.24) is 9.97 Å². The Morgan fingerprint density at radius 3 is 2.80 bits per heavy atom. The van der Waals surface area contributed by atoms with Crippen LogP contribution in [0.3, 0.4) is 0 Å². The van der Waals surface area contributed by atoms with E-state index in [1.165, 1.54) is 12.0 Å². The Kier molecular flexibility index (Phi) is 3.39. The molecule has 1 fully saturated rings. The predicted octanol–water partition coefficient (Wildman–Crippen LogP) is 4.35. The summed E-state index contributed by atoms with van der Waals surface area (Å²) in [6, 6.07) is 2.10. The first kappa shape index (κ1) is 13.0. The molecule has 0 radical (unpaired) electrons. The second-order valence-corrected chi connectivity index (χ2v) is 5.47. The second kappa shape index (κ2) is 5.20. The largest absolute Gasteiger partial charge is 0.233 e. The first-order chi connectivity index (χ1) is 9.71. The molecule has 1 saturated carbocycles. The van der Waals surface area contributed by atoms with E-state index in [9.17, 15) is 0 Å². The van der Waals surface area contributed by atoms with Gasteiger partial charge in [0.25, 0.3) is 0 Å². The van der Waals surface area contributed by atoms with Crippen LogP contribution in [-0.4, -0.2) is 9.97 Å². The first-order valence-electron chi connectivity index (χ1n) is 7.26. The minimum Gasteiger partial charge on any atom is -0.233 e. The predicted molar refractivity (Wildman–Crippen MR) is 83.9 cm³/mol. The molecular weight excluding hydrogens is 244 g/mol. The van der Waals surface area contributed by atoms with E-state index in [0.29, 0.717) is 0 Å². The number of hydrogen-bond acceptors (Lipinski definition) is 2. The Bertz CT molecular complexity index is 647. The van der Waals surface area contributed by atoms with Crippen LogP contribution >= 0.6 is 0 Å². The molecule has 2 nitrogen and oxygen atoms in total. The highest BCUT2D eigenvalue weighted by Crippen LogP contribution is 2.45. The van der Waals surface area contributed by atoms with Gasteiger partial charge in [-0.25, -0.2) is 9.97 Å². The van der Waals surface area contributed by atoms with Crippen molar-refractivity contribution in [3.63, 3.8) is 0 Å². The summed E-state index contributed by atoms with van der Waals surface area (Å²) in [5, 5.41) is 0. The van der Waals surface area contributed by atoms with E-state index in [0.717, 1.165) is 34.6 Å². The van der Waals surface area contributed by atoms with Gasteiger partial charge in [-0.3, -0.25) is 0 Å². The molecule has 3 rings (SSSR count). The molecule has 0 saturated heterocycles. The van der Waals surface area contributed by atoms with Gasteiger partial charge in [0.2, 0.25) is 0 Å². The average molecular weight is 264 g/mol. The third-order valence-electron chi connectivity index (χ3n) is 3.89. The van der Waals surface area contributed by atoms with Gasteiger partial charge in [-0.15, -0.1) is 0 Å². The molecule has 0 amide bonds. The first-order valence-corrected chi connectivity index (χ1v) is 7.26. The van der Waals surface area contributed by atoms with Crippen molar-refractivity contribution >= 4 is 11.1 Å². The highest BCUT2D eigenvalue weighted by Gasteiger charge is 2.35.